The van der Waals surface area contributed by atoms with Crippen LogP contribution in [0.15, 0.2) is 30.3 Å². The quantitative estimate of drug-likeness (QED) is 0.904. The Morgan fingerprint density at radius 1 is 1.36 bits per heavy atom. The summed E-state index contributed by atoms with van der Waals surface area (Å²) in [5, 5.41) is 9.24. The van der Waals surface area contributed by atoms with Crippen molar-refractivity contribution in [2.75, 3.05) is 6.61 Å². The number of benzene rings is 1. The second-order valence-corrected chi connectivity index (χ2v) is 5.72. The molecule has 0 saturated carbocycles. The van der Waals surface area contributed by atoms with E-state index in [-0.39, 0.29) is 19.1 Å². The van der Waals surface area contributed by atoms with E-state index in [4.69, 9.17) is 9.47 Å². The van der Waals surface area contributed by atoms with E-state index in [1.165, 1.54) is 4.90 Å². The average Bonchev–Trinajstić information content (AvgIpc) is 2.89. The first-order valence-corrected chi connectivity index (χ1v) is 7.32. The summed E-state index contributed by atoms with van der Waals surface area (Å²) < 4.78 is 10.7. The molecule has 0 spiro atoms. The number of ether oxygens (including phenoxy) is 2. The van der Waals surface area contributed by atoms with Crippen LogP contribution in [0, 0.1) is 5.92 Å². The van der Waals surface area contributed by atoms with Crippen LogP contribution in [0.5, 0.6) is 0 Å². The first kappa shape index (κ1) is 16.3. The molecule has 2 unspecified atom stereocenters. The van der Waals surface area contributed by atoms with Crippen LogP contribution in [-0.2, 0) is 20.9 Å². The third kappa shape index (κ3) is 3.98. The Bertz CT molecular complexity index is 517. The van der Waals surface area contributed by atoms with E-state index in [1.54, 1.807) is 0 Å². The van der Waals surface area contributed by atoms with E-state index in [2.05, 4.69) is 0 Å². The van der Waals surface area contributed by atoms with E-state index in [1.807, 2.05) is 44.2 Å². The maximum absolute atomic E-state index is 12.3. The lowest BCUT2D eigenvalue weighted by Gasteiger charge is -2.26. The van der Waals surface area contributed by atoms with Gasteiger partial charge in [0.05, 0.1) is 6.61 Å². The third-order valence-electron chi connectivity index (χ3n) is 3.47. The fourth-order valence-electron chi connectivity index (χ4n) is 2.38. The van der Waals surface area contributed by atoms with E-state index in [0.717, 1.165) is 5.56 Å². The fraction of sp³-hybridized carbons (Fsp3) is 0.500. The van der Waals surface area contributed by atoms with Crippen molar-refractivity contribution in [3.8, 4) is 0 Å². The maximum atomic E-state index is 12.3. The largest absolute Gasteiger partial charge is 0.480 e. The van der Waals surface area contributed by atoms with Crippen molar-refractivity contribution in [1.29, 1.82) is 0 Å². The van der Waals surface area contributed by atoms with Crippen LogP contribution < -0.4 is 0 Å². The Morgan fingerprint density at radius 3 is 2.64 bits per heavy atom. The Morgan fingerprint density at radius 2 is 2.05 bits per heavy atom. The summed E-state index contributed by atoms with van der Waals surface area (Å²) in [5.41, 5.74) is 0.850. The molecular weight excluding hydrogens is 286 g/mol. The summed E-state index contributed by atoms with van der Waals surface area (Å²) >= 11 is 0. The number of carboxylic acid groups (broad SMARTS) is 1. The monoisotopic (exact) mass is 307 g/mol. The number of carboxylic acids is 1. The SMILES string of the molecule is CC(C)CC1OCC(C(=O)O)N1C(=O)OCc1ccccc1. The zero-order chi connectivity index (χ0) is 16.1. The molecular formula is C16H21NO5. The van der Waals surface area contributed by atoms with E-state index in [0.29, 0.717) is 6.42 Å². The molecule has 1 aromatic rings. The zero-order valence-corrected chi connectivity index (χ0v) is 12.8. The summed E-state index contributed by atoms with van der Waals surface area (Å²) in [4.78, 5) is 24.8. The first-order valence-electron chi connectivity index (χ1n) is 7.32. The number of carbonyl (C=O) groups is 2. The van der Waals surface area contributed by atoms with Crippen molar-refractivity contribution < 1.29 is 24.2 Å². The molecule has 1 amide bonds. The van der Waals surface area contributed by atoms with Gasteiger partial charge in [0.15, 0.2) is 6.04 Å². The number of nitrogens with zero attached hydrogens (tertiary/aromatic N) is 1. The van der Waals surface area contributed by atoms with Gasteiger partial charge in [-0.3, -0.25) is 4.90 Å². The van der Waals surface area contributed by atoms with Gasteiger partial charge in [-0.25, -0.2) is 9.59 Å². The lowest BCUT2D eigenvalue weighted by Crippen LogP contribution is -2.46. The highest BCUT2D eigenvalue weighted by Gasteiger charge is 2.43. The Labute approximate surface area is 129 Å². The molecule has 6 nitrogen and oxygen atoms in total. The van der Waals surface area contributed by atoms with Gasteiger partial charge >= 0.3 is 12.1 Å². The molecule has 1 N–H and O–H groups in total. The van der Waals surface area contributed by atoms with Crippen molar-refractivity contribution in [2.24, 2.45) is 5.92 Å². The fourth-order valence-corrected chi connectivity index (χ4v) is 2.38. The predicted molar refractivity (Wildman–Crippen MR) is 79.1 cm³/mol. The minimum absolute atomic E-state index is 0.00679. The van der Waals surface area contributed by atoms with Crippen LogP contribution in [-0.4, -0.2) is 40.9 Å². The smallest absolute Gasteiger partial charge is 0.413 e. The highest BCUT2D eigenvalue weighted by molar-refractivity contribution is 5.80. The topological polar surface area (TPSA) is 76.1 Å². The van der Waals surface area contributed by atoms with Crippen molar-refractivity contribution in [2.45, 2.75) is 39.1 Å². The number of rotatable bonds is 5. The lowest BCUT2D eigenvalue weighted by atomic mass is 10.1. The van der Waals surface area contributed by atoms with E-state index < -0.39 is 24.3 Å². The lowest BCUT2D eigenvalue weighted by molar-refractivity contribution is -0.141. The normalized spacial score (nSPS) is 21.1. The molecule has 2 atom stereocenters. The number of hydrogen-bond acceptors (Lipinski definition) is 4. The van der Waals surface area contributed by atoms with E-state index in [9.17, 15) is 14.7 Å². The Kier molecular flexibility index (Phi) is 5.38. The van der Waals surface area contributed by atoms with Gasteiger partial charge < -0.3 is 14.6 Å². The van der Waals surface area contributed by atoms with Gasteiger partial charge in [-0.15, -0.1) is 0 Å². The second-order valence-electron chi connectivity index (χ2n) is 5.72. The molecule has 0 bridgehead atoms. The molecule has 0 aliphatic carbocycles. The van der Waals surface area contributed by atoms with Crippen molar-refractivity contribution in [1.82, 2.24) is 4.90 Å². The predicted octanol–water partition coefficient (Wildman–Crippen LogP) is 2.48. The Hall–Kier alpha value is -2.08. The molecule has 22 heavy (non-hydrogen) atoms. The maximum Gasteiger partial charge on any atom is 0.413 e. The van der Waals surface area contributed by atoms with Gasteiger partial charge in [0.25, 0.3) is 0 Å². The van der Waals surface area contributed by atoms with Crippen molar-refractivity contribution in [3.63, 3.8) is 0 Å². The standard InChI is InChI=1S/C16H21NO5/c1-11(2)8-14-17(13(10-21-14)15(18)19)16(20)22-9-12-6-4-3-5-7-12/h3-7,11,13-14H,8-10H2,1-2H3,(H,18,19). The highest BCUT2D eigenvalue weighted by atomic mass is 16.6. The van der Waals surface area contributed by atoms with Crippen LogP contribution >= 0.6 is 0 Å². The highest BCUT2D eigenvalue weighted by Crippen LogP contribution is 2.24. The Balaban J connectivity index is 2.03. The van der Waals surface area contributed by atoms with Gasteiger partial charge in [0, 0.05) is 0 Å². The molecule has 120 valence electrons. The minimum atomic E-state index is -1.08. The van der Waals surface area contributed by atoms with Crippen LogP contribution in [0.2, 0.25) is 0 Å². The number of amides is 1. The molecule has 1 aliphatic rings. The molecule has 1 heterocycles. The summed E-state index contributed by atoms with van der Waals surface area (Å²) in [5.74, 6) is -0.801. The van der Waals surface area contributed by atoms with Gasteiger partial charge in [-0.05, 0) is 17.9 Å². The van der Waals surface area contributed by atoms with Gasteiger partial charge in [-0.1, -0.05) is 44.2 Å². The number of aliphatic carboxylic acids is 1. The van der Waals surface area contributed by atoms with Gasteiger partial charge in [0.2, 0.25) is 0 Å². The van der Waals surface area contributed by atoms with E-state index >= 15 is 0 Å². The summed E-state index contributed by atoms with van der Waals surface area (Å²) in [6.07, 6.45) is -0.631. The van der Waals surface area contributed by atoms with Crippen molar-refractivity contribution in [3.05, 3.63) is 35.9 Å². The third-order valence-corrected chi connectivity index (χ3v) is 3.47. The number of carbonyl (C=O) groups excluding carboxylic acids is 1. The van der Waals surface area contributed by atoms with Crippen molar-refractivity contribution >= 4 is 12.1 Å². The molecule has 0 radical (unpaired) electrons. The molecule has 1 aliphatic heterocycles. The van der Waals surface area contributed by atoms with Crippen LogP contribution in [0.25, 0.3) is 0 Å². The molecule has 1 fully saturated rings. The minimum Gasteiger partial charge on any atom is -0.480 e. The molecule has 1 aromatic carbocycles. The number of hydrogen-bond donors (Lipinski definition) is 1. The zero-order valence-electron chi connectivity index (χ0n) is 12.8. The average molecular weight is 307 g/mol. The molecule has 1 saturated heterocycles. The van der Waals surface area contributed by atoms with Crippen LogP contribution in [0.4, 0.5) is 4.79 Å². The summed E-state index contributed by atoms with van der Waals surface area (Å²) in [6.45, 7) is 4.08. The second kappa shape index (κ2) is 7.26. The van der Waals surface area contributed by atoms with Crippen LogP contribution in [0.3, 0.4) is 0 Å². The van der Waals surface area contributed by atoms with Gasteiger partial charge in [0.1, 0.15) is 12.8 Å². The summed E-state index contributed by atoms with van der Waals surface area (Å²) in [7, 11) is 0. The first-order chi connectivity index (χ1) is 10.5. The molecule has 2 rings (SSSR count). The molecule has 6 heteroatoms. The summed E-state index contributed by atoms with van der Waals surface area (Å²) in [6, 6.07) is 8.26. The van der Waals surface area contributed by atoms with Gasteiger partial charge in [-0.2, -0.15) is 0 Å². The molecule has 0 aromatic heterocycles. The van der Waals surface area contributed by atoms with Crippen LogP contribution in [0.1, 0.15) is 25.8 Å².